The third kappa shape index (κ3) is 3.22. The fourth-order valence-electron chi connectivity index (χ4n) is 1.24. The number of nitrogens with zero attached hydrogens (tertiary/aromatic N) is 3. The van der Waals surface area contributed by atoms with E-state index in [-0.39, 0.29) is 5.91 Å². The molecule has 0 aliphatic carbocycles. The van der Waals surface area contributed by atoms with E-state index in [1.165, 1.54) is 18.6 Å². The number of pyridine rings is 1. The van der Waals surface area contributed by atoms with E-state index in [1.54, 1.807) is 18.3 Å². The maximum Gasteiger partial charge on any atom is 0.251 e. The van der Waals surface area contributed by atoms with Crippen molar-refractivity contribution in [2.24, 2.45) is 0 Å². The standard InChI is InChI=1S/C11H9ClN4O/c12-10-5-8(1-4-14-10)11(17)15-6-9-2-3-13-7-16-9/h1-5,7H,6H2,(H,15,17). The van der Waals surface area contributed by atoms with Crippen LogP contribution in [-0.4, -0.2) is 20.9 Å². The molecular formula is C11H9ClN4O. The molecule has 1 N–H and O–H groups in total. The molecule has 2 aromatic rings. The van der Waals surface area contributed by atoms with Crippen molar-refractivity contribution in [1.82, 2.24) is 20.3 Å². The minimum absolute atomic E-state index is 0.215. The molecule has 17 heavy (non-hydrogen) atoms. The Labute approximate surface area is 103 Å². The Morgan fingerprint density at radius 1 is 1.29 bits per heavy atom. The quantitative estimate of drug-likeness (QED) is 0.835. The second kappa shape index (κ2) is 5.36. The van der Waals surface area contributed by atoms with Crippen LogP contribution in [0.5, 0.6) is 0 Å². The van der Waals surface area contributed by atoms with Crippen LogP contribution in [0.3, 0.4) is 0 Å². The Morgan fingerprint density at radius 3 is 2.88 bits per heavy atom. The van der Waals surface area contributed by atoms with Crippen LogP contribution in [0.25, 0.3) is 0 Å². The van der Waals surface area contributed by atoms with E-state index in [2.05, 4.69) is 20.3 Å². The summed E-state index contributed by atoms with van der Waals surface area (Å²) in [7, 11) is 0. The largest absolute Gasteiger partial charge is 0.346 e. The summed E-state index contributed by atoms with van der Waals surface area (Å²) in [5.74, 6) is -0.215. The number of halogens is 1. The summed E-state index contributed by atoms with van der Waals surface area (Å²) < 4.78 is 0. The summed E-state index contributed by atoms with van der Waals surface area (Å²) in [6, 6.07) is 4.85. The molecule has 2 aromatic heterocycles. The molecule has 0 saturated heterocycles. The molecule has 2 rings (SSSR count). The molecule has 86 valence electrons. The Morgan fingerprint density at radius 2 is 2.18 bits per heavy atom. The monoisotopic (exact) mass is 248 g/mol. The van der Waals surface area contributed by atoms with Gasteiger partial charge in [-0.1, -0.05) is 11.6 Å². The lowest BCUT2D eigenvalue weighted by Crippen LogP contribution is -2.23. The third-order valence-corrected chi connectivity index (χ3v) is 2.27. The average molecular weight is 249 g/mol. The van der Waals surface area contributed by atoms with Crippen molar-refractivity contribution in [3.05, 3.63) is 53.3 Å². The van der Waals surface area contributed by atoms with Crippen molar-refractivity contribution >= 4 is 17.5 Å². The number of carbonyl (C=O) groups excluding carboxylic acids is 1. The number of hydrogen-bond donors (Lipinski definition) is 1. The highest BCUT2D eigenvalue weighted by atomic mass is 35.5. The molecule has 0 unspecified atom stereocenters. The average Bonchev–Trinajstić information content (AvgIpc) is 2.37. The van der Waals surface area contributed by atoms with Gasteiger partial charge >= 0.3 is 0 Å². The lowest BCUT2D eigenvalue weighted by atomic mass is 10.2. The van der Waals surface area contributed by atoms with Gasteiger partial charge < -0.3 is 5.32 Å². The van der Waals surface area contributed by atoms with E-state index in [0.29, 0.717) is 17.3 Å². The normalized spacial score (nSPS) is 9.94. The number of nitrogens with one attached hydrogen (secondary N) is 1. The van der Waals surface area contributed by atoms with Gasteiger partial charge in [0.1, 0.15) is 11.5 Å². The van der Waals surface area contributed by atoms with Gasteiger partial charge in [-0.15, -0.1) is 0 Å². The molecule has 0 saturated carbocycles. The van der Waals surface area contributed by atoms with Gasteiger partial charge in [-0.2, -0.15) is 0 Å². The van der Waals surface area contributed by atoms with E-state index < -0.39 is 0 Å². The van der Waals surface area contributed by atoms with Crippen LogP contribution in [-0.2, 0) is 6.54 Å². The second-order valence-electron chi connectivity index (χ2n) is 3.25. The lowest BCUT2D eigenvalue weighted by Gasteiger charge is -2.04. The first-order valence-electron chi connectivity index (χ1n) is 4.90. The van der Waals surface area contributed by atoms with Gasteiger partial charge in [0.15, 0.2) is 0 Å². The van der Waals surface area contributed by atoms with Crippen LogP contribution < -0.4 is 5.32 Å². The molecule has 6 heteroatoms. The molecule has 5 nitrogen and oxygen atoms in total. The molecule has 0 radical (unpaired) electrons. The van der Waals surface area contributed by atoms with Gasteiger partial charge in [-0.25, -0.2) is 15.0 Å². The van der Waals surface area contributed by atoms with Gasteiger partial charge in [0.25, 0.3) is 5.91 Å². The molecule has 0 bridgehead atoms. The smallest absolute Gasteiger partial charge is 0.251 e. The van der Waals surface area contributed by atoms with Gasteiger partial charge in [0.2, 0.25) is 0 Å². The molecular weight excluding hydrogens is 240 g/mol. The topological polar surface area (TPSA) is 67.8 Å². The summed E-state index contributed by atoms with van der Waals surface area (Å²) in [4.78, 5) is 23.3. The highest BCUT2D eigenvalue weighted by Crippen LogP contribution is 2.06. The van der Waals surface area contributed by atoms with Crippen molar-refractivity contribution in [3.63, 3.8) is 0 Å². The molecule has 0 spiro atoms. The molecule has 0 aliphatic heterocycles. The lowest BCUT2D eigenvalue weighted by molar-refractivity contribution is 0.0950. The predicted octanol–water partition coefficient (Wildman–Crippen LogP) is 1.46. The minimum Gasteiger partial charge on any atom is -0.346 e. The highest BCUT2D eigenvalue weighted by molar-refractivity contribution is 6.29. The summed E-state index contributed by atoms with van der Waals surface area (Å²) in [6.07, 6.45) is 4.55. The zero-order valence-corrected chi connectivity index (χ0v) is 9.55. The van der Waals surface area contributed by atoms with Crippen LogP contribution in [0, 0.1) is 0 Å². The number of aromatic nitrogens is 3. The van der Waals surface area contributed by atoms with E-state index in [1.807, 2.05) is 0 Å². The first-order chi connectivity index (χ1) is 8.25. The molecule has 2 heterocycles. The Bertz CT molecular complexity index is 518. The Balaban J connectivity index is 1.98. The van der Waals surface area contributed by atoms with Gasteiger partial charge in [-0.05, 0) is 18.2 Å². The molecule has 1 amide bonds. The van der Waals surface area contributed by atoms with E-state index in [9.17, 15) is 4.79 Å². The van der Waals surface area contributed by atoms with Crippen molar-refractivity contribution in [3.8, 4) is 0 Å². The van der Waals surface area contributed by atoms with Crippen molar-refractivity contribution in [2.45, 2.75) is 6.54 Å². The maximum absolute atomic E-state index is 11.7. The van der Waals surface area contributed by atoms with Gasteiger partial charge in [0, 0.05) is 18.0 Å². The molecule has 0 aliphatic rings. The summed E-state index contributed by atoms with van der Waals surface area (Å²) >= 11 is 5.69. The third-order valence-electron chi connectivity index (χ3n) is 2.06. The van der Waals surface area contributed by atoms with Gasteiger partial charge in [-0.3, -0.25) is 4.79 Å². The van der Waals surface area contributed by atoms with Crippen molar-refractivity contribution in [2.75, 3.05) is 0 Å². The van der Waals surface area contributed by atoms with Crippen LogP contribution in [0.15, 0.2) is 36.9 Å². The summed E-state index contributed by atoms with van der Waals surface area (Å²) in [5, 5.41) is 3.02. The first kappa shape index (κ1) is 11.5. The van der Waals surface area contributed by atoms with Crippen molar-refractivity contribution in [1.29, 1.82) is 0 Å². The number of hydrogen-bond acceptors (Lipinski definition) is 4. The fourth-order valence-corrected chi connectivity index (χ4v) is 1.41. The fraction of sp³-hybridized carbons (Fsp3) is 0.0909. The summed E-state index contributed by atoms with van der Waals surface area (Å²) in [6.45, 7) is 0.349. The number of carbonyl (C=O) groups is 1. The molecule has 0 atom stereocenters. The van der Waals surface area contributed by atoms with Crippen LogP contribution in [0.2, 0.25) is 5.15 Å². The minimum atomic E-state index is -0.215. The predicted molar refractivity (Wildman–Crippen MR) is 62.4 cm³/mol. The maximum atomic E-state index is 11.7. The Hall–Kier alpha value is -2.01. The van der Waals surface area contributed by atoms with Crippen LogP contribution >= 0.6 is 11.6 Å². The van der Waals surface area contributed by atoms with Crippen LogP contribution in [0.1, 0.15) is 16.1 Å². The number of amides is 1. The Kier molecular flexibility index (Phi) is 3.62. The van der Waals surface area contributed by atoms with E-state index >= 15 is 0 Å². The van der Waals surface area contributed by atoms with Gasteiger partial charge in [0.05, 0.1) is 12.2 Å². The zero-order valence-electron chi connectivity index (χ0n) is 8.80. The molecule has 0 fully saturated rings. The highest BCUT2D eigenvalue weighted by Gasteiger charge is 2.06. The van der Waals surface area contributed by atoms with E-state index in [0.717, 1.165) is 5.69 Å². The first-order valence-corrected chi connectivity index (χ1v) is 5.28. The van der Waals surface area contributed by atoms with Crippen LogP contribution in [0.4, 0.5) is 0 Å². The molecule has 0 aromatic carbocycles. The SMILES string of the molecule is O=C(NCc1ccncn1)c1ccnc(Cl)c1. The van der Waals surface area contributed by atoms with E-state index in [4.69, 9.17) is 11.6 Å². The zero-order chi connectivity index (χ0) is 12.1. The number of rotatable bonds is 3. The van der Waals surface area contributed by atoms with Crippen molar-refractivity contribution < 1.29 is 4.79 Å². The second-order valence-corrected chi connectivity index (χ2v) is 3.64. The summed E-state index contributed by atoms with van der Waals surface area (Å²) in [5.41, 5.74) is 1.22.